The molecule has 0 radical (unpaired) electrons. The molecule has 154 valence electrons. The molecular formula is C25H42O2. The highest BCUT2D eigenvalue weighted by molar-refractivity contribution is 5.72. The van der Waals surface area contributed by atoms with Gasteiger partial charge in [-0.3, -0.25) is 4.79 Å². The number of allylic oxidation sites excluding steroid dienone is 2. The number of esters is 1. The molecule has 0 spiro atoms. The number of carbonyl (C=O) groups excluding carboxylic acids is 1. The largest absolute Gasteiger partial charge is 0.462 e. The van der Waals surface area contributed by atoms with Crippen molar-refractivity contribution in [3.63, 3.8) is 0 Å². The fourth-order valence-corrected chi connectivity index (χ4v) is 5.39. The molecule has 3 aliphatic rings. The van der Waals surface area contributed by atoms with E-state index in [9.17, 15) is 4.79 Å². The zero-order valence-electron chi connectivity index (χ0n) is 17.8. The van der Waals surface area contributed by atoms with E-state index in [2.05, 4.69) is 26.0 Å². The first-order chi connectivity index (χ1) is 13.1. The quantitative estimate of drug-likeness (QED) is 0.367. The molecule has 3 fully saturated rings. The van der Waals surface area contributed by atoms with Crippen molar-refractivity contribution in [2.45, 2.75) is 110 Å². The molecule has 0 amide bonds. The van der Waals surface area contributed by atoms with Crippen LogP contribution >= 0.6 is 0 Å². The van der Waals surface area contributed by atoms with Crippen LogP contribution < -0.4 is 0 Å². The molecule has 0 atom stereocenters. The van der Waals surface area contributed by atoms with Crippen molar-refractivity contribution in [2.75, 3.05) is 0 Å². The minimum absolute atomic E-state index is 0.100. The minimum Gasteiger partial charge on any atom is -0.462 e. The molecule has 0 saturated heterocycles. The summed E-state index contributed by atoms with van der Waals surface area (Å²) in [5.41, 5.74) is 0. The zero-order chi connectivity index (χ0) is 19.1. The van der Waals surface area contributed by atoms with Crippen LogP contribution in [0.1, 0.15) is 104 Å². The monoisotopic (exact) mass is 374 g/mol. The molecule has 27 heavy (non-hydrogen) atoms. The lowest BCUT2D eigenvalue weighted by Gasteiger charge is -2.30. The van der Waals surface area contributed by atoms with Crippen LogP contribution in [-0.2, 0) is 9.53 Å². The van der Waals surface area contributed by atoms with Gasteiger partial charge < -0.3 is 4.74 Å². The van der Waals surface area contributed by atoms with E-state index in [4.69, 9.17) is 4.74 Å². The van der Waals surface area contributed by atoms with Crippen LogP contribution in [0.3, 0.4) is 0 Å². The summed E-state index contributed by atoms with van der Waals surface area (Å²) in [6, 6.07) is 0. The van der Waals surface area contributed by atoms with E-state index < -0.39 is 0 Å². The van der Waals surface area contributed by atoms with Crippen molar-refractivity contribution in [2.24, 2.45) is 29.6 Å². The van der Waals surface area contributed by atoms with Gasteiger partial charge in [0, 0.05) is 0 Å². The van der Waals surface area contributed by atoms with Gasteiger partial charge in [0.2, 0.25) is 0 Å². The van der Waals surface area contributed by atoms with Gasteiger partial charge in [-0.15, -0.1) is 0 Å². The van der Waals surface area contributed by atoms with Crippen LogP contribution in [0, 0.1) is 29.6 Å². The zero-order valence-corrected chi connectivity index (χ0v) is 17.8. The van der Waals surface area contributed by atoms with Crippen molar-refractivity contribution in [3.8, 4) is 0 Å². The van der Waals surface area contributed by atoms with Gasteiger partial charge in [-0.05, 0) is 87.9 Å². The third-order valence-electron chi connectivity index (χ3n) is 7.64. The number of rotatable bonds is 6. The van der Waals surface area contributed by atoms with E-state index in [1.807, 2.05) is 0 Å². The summed E-state index contributed by atoms with van der Waals surface area (Å²) in [6.45, 7) is 4.71. The van der Waals surface area contributed by atoms with Crippen LogP contribution in [0.15, 0.2) is 12.2 Å². The molecule has 0 N–H and O–H groups in total. The second-order valence-corrected chi connectivity index (χ2v) is 10.1. The van der Waals surface area contributed by atoms with Gasteiger partial charge in [0.25, 0.3) is 0 Å². The average Bonchev–Trinajstić information content (AvgIpc) is 2.69. The summed E-state index contributed by atoms with van der Waals surface area (Å²) in [6.07, 6.45) is 22.5. The Bertz CT molecular complexity index is 459. The summed E-state index contributed by atoms with van der Waals surface area (Å²) in [5.74, 6) is 3.70. The van der Waals surface area contributed by atoms with Crippen LogP contribution in [0.25, 0.3) is 0 Å². The number of hydrogen-bond acceptors (Lipinski definition) is 2. The molecule has 0 unspecified atom stereocenters. The highest BCUT2D eigenvalue weighted by Gasteiger charge is 2.29. The number of hydrogen-bond donors (Lipinski definition) is 0. The molecule has 0 heterocycles. The predicted molar refractivity (Wildman–Crippen MR) is 112 cm³/mol. The standard InChI is InChI=1S/C25H42O2/c1-19-7-11-21(12-8-19)5-3-4-6-22-13-15-23(16-14-22)25(26)27-24-17-9-20(2)10-18-24/h4,6,19-24H,3,5,7-18H2,1-2H3/b6-4+. The maximum Gasteiger partial charge on any atom is 0.309 e. The Morgan fingerprint density at radius 1 is 0.815 bits per heavy atom. The summed E-state index contributed by atoms with van der Waals surface area (Å²) < 4.78 is 5.83. The maximum atomic E-state index is 12.5. The molecule has 2 nitrogen and oxygen atoms in total. The van der Waals surface area contributed by atoms with E-state index in [-0.39, 0.29) is 18.0 Å². The maximum absolute atomic E-state index is 12.5. The second-order valence-electron chi connectivity index (χ2n) is 10.1. The molecule has 0 aromatic carbocycles. The van der Waals surface area contributed by atoms with Gasteiger partial charge in [-0.2, -0.15) is 0 Å². The molecule has 0 bridgehead atoms. The lowest BCUT2D eigenvalue weighted by atomic mass is 9.80. The normalized spacial score (nSPS) is 38.0. The summed E-state index contributed by atoms with van der Waals surface area (Å²) in [7, 11) is 0. The van der Waals surface area contributed by atoms with Gasteiger partial charge in [0.15, 0.2) is 0 Å². The average molecular weight is 375 g/mol. The molecule has 0 aliphatic heterocycles. The van der Waals surface area contributed by atoms with E-state index in [0.29, 0.717) is 5.92 Å². The molecule has 3 aliphatic carbocycles. The van der Waals surface area contributed by atoms with Crippen LogP contribution in [0.4, 0.5) is 0 Å². The third-order valence-corrected chi connectivity index (χ3v) is 7.64. The molecule has 0 aromatic heterocycles. The fourth-order valence-electron chi connectivity index (χ4n) is 5.39. The lowest BCUT2D eigenvalue weighted by molar-refractivity contribution is -0.157. The van der Waals surface area contributed by atoms with Crippen molar-refractivity contribution >= 4 is 5.97 Å². The Labute approximate surface area is 167 Å². The lowest BCUT2D eigenvalue weighted by Crippen LogP contribution is -2.29. The first-order valence-electron chi connectivity index (χ1n) is 12.0. The van der Waals surface area contributed by atoms with Gasteiger partial charge in [-0.25, -0.2) is 0 Å². The molecule has 3 saturated carbocycles. The van der Waals surface area contributed by atoms with E-state index in [1.165, 1.54) is 64.2 Å². The van der Waals surface area contributed by atoms with Gasteiger partial charge >= 0.3 is 5.97 Å². The Balaban J connectivity index is 1.28. The molecular weight excluding hydrogens is 332 g/mol. The van der Waals surface area contributed by atoms with E-state index >= 15 is 0 Å². The van der Waals surface area contributed by atoms with E-state index in [1.54, 1.807) is 0 Å². The smallest absolute Gasteiger partial charge is 0.309 e. The van der Waals surface area contributed by atoms with Crippen molar-refractivity contribution in [1.29, 1.82) is 0 Å². The topological polar surface area (TPSA) is 26.3 Å². The van der Waals surface area contributed by atoms with Crippen LogP contribution in [-0.4, -0.2) is 12.1 Å². The Morgan fingerprint density at radius 2 is 1.41 bits per heavy atom. The highest BCUT2D eigenvalue weighted by atomic mass is 16.5. The van der Waals surface area contributed by atoms with Crippen LogP contribution in [0.2, 0.25) is 0 Å². The fraction of sp³-hybridized carbons (Fsp3) is 0.880. The first kappa shape index (κ1) is 20.9. The predicted octanol–water partition coefficient (Wildman–Crippen LogP) is 7.08. The van der Waals surface area contributed by atoms with Gasteiger partial charge in [0.1, 0.15) is 6.10 Å². The van der Waals surface area contributed by atoms with Gasteiger partial charge in [0.05, 0.1) is 5.92 Å². The van der Waals surface area contributed by atoms with Crippen LogP contribution in [0.5, 0.6) is 0 Å². The highest BCUT2D eigenvalue weighted by Crippen LogP contribution is 2.34. The molecule has 0 aromatic rings. The van der Waals surface area contributed by atoms with Gasteiger partial charge in [-0.1, -0.05) is 51.7 Å². The summed E-state index contributed by atoms with van der Waals surface area (Å²) in [4.78, 5) is 12.5. The number of carbonyl (C=O) groups is 1. The first-order valence-corrected chi connectivity index (χ1v) is 12.0. The van der Waals surface area contributed by atoms with E-state index in [0.717, 1.165) is 43.4 Å². The van der Waals surface area contributed by atoms with Crippen molar-refractivity contribution in [1.82, 2.24) is 0 Å². The third kappa shape index (κ3) is 6.95. The summed E-state index contributed by atoms with van der Waals surface area (Å²) >= 11 is 0. The Hall–Kier alpha value is -0.790. The van der Waals surface area contributed by atoms with Crippen molar-refractivity contribution in [3.05, 3.63) is 12.2 Å². The second kappa shape index (κ2) is 10.7. The Kier molecular flexibility index (Phi) is 8.27. The minimum atomic E-state index is 0.100. The summed E-state index contributed by atoms with van der Waals surface area (Å²) in [5, 5.41) is 0. The number of ether oxygens (including phenoxy) is 1. The molecule has 2 heteroatoms. The van der Waals surface area contributed by atoms with Crippen molar-refractivity contribution < 1.29 is 9.53 Å². The SMILES string of the molecule is CC1CCC(CC/C=C/C2CCC(C(=O)OC3CCC(C)CC3)CC2)CC1. The Morgan fingerprint density at radius 3 is 2.04 bits per heavy atom. The molecule has 3 rings (SSSR count).